The van der Waals surface area contributed by atoms with Gasteiger partial charge in [0.05, 0.1) is 19.3 Å². The van der Waals surface area contributed by atoms with Crippen LogP contribution < -0.4 is 4.74 Å². The van der Waals surface area contributed by atoms with E-state index in [1.807, 2.05) is 26.0 Å². The highest BCUT2D eigenvalue weighted by Gasteiger charge is 2.20. The molecule has 92 valence electrons. The number of rotatable bonds is 3. The van der Waals surface area contributed by atoms with E-state index in [9.17, 15) is 4.79 Å². The van der Waals surface area contributed by atoms with Gasteiger partial charge in [-0.3, -0.25) is 9.63 Å². The fourth-order valence-electron chi connectivity index (χ4n) is 1.70. The Kier molecular flexibility index (Phi) is 3.64. The monoisotopic (exact) mass is 235 g/mol. The van der Waals surface area contributed by atoms with Crippen molar-refractivity contribution < 1.29 is 14.4 Å². The fraction of sp³-hybridized carbons (Fsp3) is 0.462. The second-order valence-electron chi connectivity index (χ2n) is 4.29. The molecule has 1 aliphatic heterocycles. The maximum Gasteiger partial charge on any atom is 0.277 e. The van der Waals surface area contributed by atoms with Crippen molar-refractivity contribution in [2.75, 3.05) is 13.2 Å². The minimum Gasteiger partial charge on any atom is -0.491 e. The molecule has 0 N–H and O–H groups in total. The van der Waals surface area contributed by atoms with Gasteiger partial charge in [0.15, 0.2) is 0 Å². The van der Waals surface area contributed by atoms with Gasteiger partial charge < -0.3 is 4.74 Å². The highest BCUT2D eigenvalue weighted by atomic mass is 16.7. The number of benzene rings is 1. The molecule has 0 atom stereocenters. The lowest BCUT2D eigenvalue weighted by Gasteiger charge is -2.14. The van der Waals surface area contributed by atoms with Crippen molar-refractivity contribution in [3.63, 3.8) is 0 Å². The number of nitrogens with zero attached hydrogens (tertiary/aromatic N) is 1. The van der Waals surface area contributed by atoms with E-state index in [0.29, 0.717) is 18.7 Å². The number of ether oxygens (including phenoxy) is 1. The molecular formula is C13H17NO3. The van der Waals surface area contributed by atoms with Crippen molar-refractivity contribution >= 4 is 5.91 Å². The minimum absolute atomic E-state index is 0.0846. The van der Waals surface area contributed by atoms with Gasteiger partial charge in [0.25, 0.3) is 5.91 Å². The Morgan fingerprint density at radius 3 is 2.59 bits per heavy atom. The second kappa shape index (κ2) is 5.19. The van der Waals surface area contributed by atoms with Crippen LogP contribution in [0.1, 0.15) is 30.6 Å². The molecule has 1 aliphatic rings. The number of amides is 1. The Labute approximate surface area is 101 Å². The molecule has 0 unspecified atom stereocenters. The third-order valence-corrected chi connectivity index (χ3v) is 2.45. The molecule has 0 radical (unpaired) electrons. The SMILES string of the molecule is CC(C)Oc1ccc(C(=O)N2CCCO2)cc1. The van der Waals surface area contributed by atoms with Gasteiger partial charge in [0, 0.05) is 5.56 Å². The Morgan fingerprint density at radius 2 is 2.06 bits per heavy atom. The van der Waals surface area contributed by atoms with Crippen LogP contribution in [-0.2, 0) is 4.84 Å². The zero-order valence-electron chi connectivity index (χ0n) is 10.2. The van der Waals surface area contributed by atoms with E-state index in [1.165, 1.54) is 5.06 Å². The second-order valence-corrected chi connectivity index (χ2v) is 4.29. The van der Waals surface area contributed by atoms with Gasteiger partial charge in [0.2, 0.25) is 0 Å². The van der Waals surface area contributed by atoms with Gasteiger partial charge in [-0.1, -0.05) is 0 Å². The number of hydroxylamine groups is 2. The normalized spacial score (nSPS) is 15.4. The summed E-state index contributed by atoms with van der Waals surface area (Å²) in [5.74, 6) is 0.692. The third kappa shape index (κ3) is 2.97. The van der Waals surface area contributed by atoms with Gasteiger partial charge in [-0.2, -0.15) is 0 Å². The van der Waals surface area contributed by atoms with Crippen molar-refractivity contribution in [3.05, 3.63) is 29.8 Å². The number of hydrogen-bond donors (Lipinski definition) is 0. The van der Waals surface area contributed by atoms with Gasteiger partial charge in [-0.15, -0.1) is 0 Å². The first-order valence-electron chi connectivity index (χ1n) is 5.88. The topological polar surface area (TPSA) is 38.8 Å². The van der Waals surface area contributed by atoms with Crippen LogP contribution in [0.5, 0.6) is 5.75 Å². The molecule has 1 amide bonds. The van der Waals surface area contributed by atoms with Crippen LogP contribution in [0.2, 0.25) is 0 Å². The highest BCUT2D eigenvalue weighted by Crippen LogP contribution is 2.16. The molecule has 1 aromatic carbocycles. The minimum atomic E-state index is -0.0846. The van der Waals surface area contributed by atoms with Gasteiger partial charge >= 0.3 is 0 Å². The zero-order chi connectivity index (χ0) is 12.3. The van der Waals surface area contributed by atoms with E-state index in [2.05, 4.69) is 0 Å². The molecule has 4 heteroatoms. The maximum atomic E-state index is 11.9. The van der Waals surface area contributed by atoms with Crippen LogP contribution in [0, 0.1) is 0 Å². The van der Waals surface area contributed by atoms with E-state index >= 15 is 0 Å². The first-order chi connectivity index (χ1) is 8.16. The Balaban J connectivity index is 2.04. The summed E-state index contributed by atoms with van der Waals surface area (Å²) in [5.41, 5.74) is 0.628. The molecule has 0 aliphatic carbocycles. The van der Waals surface area contributed by atoms with Crippen LogP contribution in [0.3, 0.4) is 0 Å². The van der Waals surface area contributed by atoms with Crippen molar-refractivity contribution in [1.82, 2.24) is 5.06 Å². The van der Waals surface area contributed by atoms with E-state index < -0.39 is 0 Å². The van der Waals surface area contributed by atoms with Crippen LogP contribution in [-0.4, -0.2) is 30.2 Å². The highest BCUT2D eigenvalue weighted by molar-refractivity contribution is 5.93. The van der Waals surface area contributed by atoms with Crippen LogP contribution in [0.4, 0.5) is 0 Å². The Morgan fingerprint density at radius 1 is 1.35 bits per heavy atom. The van der Waals surface area contributed by atoms with Crippen molar-refractivity contribution in [2.45, 2.75) is 26.4 Å². The predicted molar refractivity (Wildman–Crippen MR) is 63.8 cm³/mol. The van der Waals surface area contributed by atoms with Gasteiger partial charge in [-0.05, 0) is 44.5 Å². The molecule has 1 aromatic rings. The summed E-state index contributed by atoms with van der Waals surface area (Å²) >= 11 is 0. The summed E-state index contributed by atoms with van der Waals surface area (Å²) in [6, 6.07) is 7.15. The molecule has 0 saturated carbocycles. The van der Waals surface area contributed by atoms with E-state index in [0.717, 1.165) is 12.2 Å². The summed E-state index contributed by atoms with van der Waals surface area (Å²) in [4.78, 5) is 17.2. The summed E-state index contributed by atoms with van der Waals surface area (Å²) in [6.07, 6.45) is 1.04. The van der Waals surface area contributed by atoms with Crippen molar-refractivity contribution in [3.8, 4) is 5.75 Å². The lowest BCUT2D eigenvalue weighted by molar-refractivity contribution is -0.0768. The molecular weight excluding hydrogens is 218 g/mol. The van der Waals surface area contributed by atoms with E-state index in [-0.39, 0.29) is 12.0 Å². The molecule has 1 heterocycles. The first kappa shape index (κ1) is 11.9. The van der Waals surface area contributed by atoms with E-state index in [4.69, 9.17) is 9.57 Å². The van der Waals surface area contributed by atoms with Crippen molar-refractivity contribution in [2.24, 2.45) is 0 Å². The van der Waals surface area contributed by atoms with Crippen LogP contribution in [0.15, 0.2) is 24.3 Å². The summed E-state index contributed by atoms with van der Waals surface area (Å²) < 4.78 is 5.52. The molecule has 17 heavy (non-hydrogen) atoms. The molecule has 0 bridgehead atoms. The number of carbonyl (C=O) groups excluding carboxylic acids is 1. The average Bonchev–Trinajstić information content (AvgIpc) is 2.82. The Bertz CT molecular complexity index is 380. The summed E-state index contributed by atoms with van der Waals surface area (Å²) in [7, 11) is 0. The smallest absolute Gasteiger partial charge is 0.277 e. The summed E-state index contributed by atoms with van der Waals surface area (Å²) in [6.45, 7) is 5.23. The molecule has 4 nitrogen and oxygen atoms in total. The zero-order valence-corrected chi connectivity index (χ0v) is 10.2. The lowest BCUT2D eigenvalue weighted by Crippen LogP contribution is -2.26. The molecule has 0 aromatic heterocycles. The predicted octanol–water partition coefficient (Wildman–Crippen LogP) is 2.25. The fourth-order valence-corrected chi connectivity index (χ4v) is 1.70. The number of carbonyl (C=O) groups is 1. The Hall–Kier alpha value is -1.55. The average molecular weight is 235 g/mol. The van der Waals surface area contributed by atoms with E-state index in [1.54, 1.807) is 12.1 Å². The summed E-state index contributed by atoms with van der Waals surface area (Å²) in [5, 5.41) is 1.41. The lowest BCUT2D eigenvalue weighted by atomic mass is 10.2. The molecule has 0 spiro atoms. The quantitative estimate of drug-likeness (QED) is 0.806. The van der Waals surface area contributed by atoms with Gasteiger partial charge in [-0.25, -0.2) is 5.06 Å². The van der Waals surface area contributed by atoms with Crippen LogP contribution >= 0.6 is 0 Å². The molecule has 2 rings (SSSR count). The maximum absolute atomic E-state index is 11.9. The first-order valence-corrected chi connectivity index (χ1v) is 5.88. The standard InChI is InChI=1S/C13H17NO3/c1-10(2)17-12-6-4-11(5-7-12)13(15)14-8-3-9-16-14/h4-7,10H,3,8-9H2,1-2H3. The third-order valence-electron chi connectivity index (χ3n) is 2.45. The molecule has 1 saturated heterocycles. The van der Waals surface area contributed by atoms with Crippen molar-refractivity contribution in [1.29, 1.82) is 0 Å². The largest absolute Gasteiger partial charge is 0.491 e. The van der Waals surface area contributed by atoms with Gasteiger partial charge in [0.1, 0.15) is 5.75 Å². The van der Waals surface area contributed by atoms with Crippen LogP contribution in [0.25, 0.3) is 0 Å². The molecule has 1 fully saturated rings. The number of hydrogen-bond acceptors (Lipinski definition) is 3.